The topological polar surface area (TPSA) is 126 Å². The molecule has 10 heteroatoms. The molecule has 152 valence electrons. The van der Waals surface area contributed by atoms with Crippen molar-refractivity contribution in [2.24, 2.45) is 0 Å². The molecule has 0 radical (unpaired) electrons. The van der Waals surface area contributed by atoms with Crippen molar-refractivity contribution in [3.05, 3.63) is 40.4 Å². The number of fused-ring (bicyclic) bond motifs is 1. The van der Waals surface area contributed by atoms with E-state index in [4.69, 9.17) is 4.74 Å². The molecule has 3 amide bonds. The lowest BCUT2D eigenvalue weighted by molar-refractivity contribution is -0.118. The summed E-state index contributed by atoms with van der Waals surface area (Å²) in [6.45, 7) is 3.61. The lowest BCUT2D eigenvalue weighted by Gasteiger charge is -2.13. The molecule has 3 N–H and O–H groups in total. The van der Waals surface area contributed by atoms with Crippen LogP contribution < -0.4 is 16.0 Å². The highest BCUT2D eigenvalue weighted by atomic mass is 32.1. The summed E-state index contributed by atoms with van der Waals surface area (Å²) in [7, 11) is 0. The number of anilines is 2. The molecule has 29 heavy (non-hydrogen) atoms. The Morgan fingerprint density at radius 2 is 2.03 bits per heavy atom. The normalized spacial score (nSPS) is 15.6. The smallest absolute Gasteiger partial charge is 0.350 e. The third-order valence-corrected chi connectivity index (χ3v) is 5.27. The maximum atomic E-state index is 12.4. The second-order valence-electron chi connectivity index (χ2n) is 6.30. The van der Waals surface area contributed by atoms with Gasteiger partial charge in [0.2, 0.25) is 11.8 Å². The van der Waals surface area contributed by atoms with Gasteiger partial charge in [-0.15, -0.1) is 0 Å². The number of hydrogen-bond donors (Lipinski definition) is 3. The molecule has 1 aliphatic heterocycles. The number of benzene rings is 1. The Morgan fingerprint density at radius 1 is 1.28 bits per heavy atom. The molecular weight excluding hydrogens is 396 g/mol. The van der Waals surface area contributed by atoms with E-state index in [1.165, 1.54) is 0 Å². The van der Waals surface area contributed by atoms with E-state index in [0.29, 0.717) is 21.8 Å². The van der Waals surface area contributed by atoms with Gasteiger partial charge in [-0.25, -0.2) is 9.78 Å². The Morgan fingerprint density at radius 3 is 2.79 bits per heavy atom. The Bertz CT molecular complexity index is 971. The first-order valence-corrected chi connectivity index (χ1v) is 9.85. The summed E-state index contributed by atoms with van der Waals surface area (Å²) in [5.74, 6) is -1.62. The zero-order valence-electron chi connectivity index (χ0n) is 15.9. The summed E-state index contributed by atoms with van der Waals surface area (Å²) in [5, 5.41) is 8.23. The standard InChI is InChI=1S/C19H20N4O5S/c1-3-28-18(27)15-10(2)20-19(29-15)23-14(24)9-8-13-17(26)21-12-7-5-4-6-11(12)16(25)22-13/h4-7,13H,3,8-9H2,1-2H3,(H,21,26)(H,22,25)(H,20,23,24)/t13-/m0/s1. The van der Waals surface area contributed by atoms with Gasteiger partial charge >= 0.3 is 5.97 Å². The number of nitrogens with one attached hydrogen (secondary N) is 3. The second-order valence-corrected chi connectivity index (χ2v) is 7.30. The van der Waals surface area contributed by atoms with Crippen molar-refractivity contribution >= 4 is 45.8 Å². The Balaban J connectivity index is 1.58. The molecule has 2 heterocycles. The largest absolute Gasteiger partial charge is 0.462 e. The maximum absolute atomic E-state index is 12.4. The SMILES string of the molecule is CCOC(=O)c1sc(NC(=O)CC[C@@H]2NC(=O)c3ccccc3NC2=O)nc1C. The Kier molecular flexibility index (Phi) is 6.23. The van der Waals surface area contributed by atoms with Crippen molar-refractivity contribution in [2.75, 3.05) is 17.2 Å². The van der Waals surface area contributed by atoms with E-state index in [2.05, 4.69) is 20.9 Å². The number of aryl methyl sites for hydroxylation is 1. The third-order valence-electron chi connectivity index (χ3n) is 4.22. The number of hydrogen-bond acceptors (Lipinski definition) is 7. The van der Waals surface area contributed by atoms with Crippen LogP contribution in [0.15, 0.2) is 24.3 Å². The van der Waals surface area contributed by atoms with Crippen LogP contribution in [0.3, 0.4) is 0 Å². The molecule has 0 saturated heterocycles. The fourth-order valence-corrected chi connectivity index (χ4v) is 3.68. The molecule has 1 aromatic heterocycles. The van der Waals surface area contributed by atoms with Crippen LogP contribution in [-0.4, -0.2) is 41.3 Å². The van der Waals surface area contributed by atoms with Gasteiger partial charge in [0.05, 0.1) is 23.6 Å². The number of amides is 3. The highest BCUT2D eigenvalue weighted by Crippen LogP contribution is 2.24. The van der Waals surface area contributed by atoms with E-state index in [-0.39, 0.29) is 42.3 Å². The van der Waals surface area contributed by atoms with Gasteiger partial charge in [0, 0.05) is 6.42 Å². The van der Waals surface area contributed by atoms with Crippen LogP contribution in [0.2, 0.25) is 0 Å². The van der Waals surface area contributed by atoms with Crippen LogP contribution in [0.5, 0.6) is 0 Å². The minimum Gasteiger partial charge on any atom is -0.462 e. The van der Waals surface area contributed by atoms with Crippen LogP contribution in [0.25, 0.3) is 0 Å². The van der Waals surface area contributed by atoms with Gasteiger partial charge in [0.1, 0.15) is 10.9 Å². The Labute approximate surface area is 170 Å². The molecule has 1 aromatic carbocycles. The first-order chi connectivity index (χ1) is 13.9. The predicted molar refractivity (Wildman–Crippen MR) is 107 cm³/mol. The molecule has 0 fully saturated rings. The molecular formula is C19H20N4O5S. The average molecular weight is 416 g/mol. The number of aromatic nitrogens is 1. The molecule has 0 spiro atoms. The fourth-order valence-electron chi connectivity index (χ4n) is 2.81. The van der Waals surface area contributed by atoms with E-state index >= 15 is 0 Å². The minimum atomic E-state index is -0.839. The van der Waals surface area contributed by atoms with E-state index in [1.54, 1.807) is 38.1 Å². The van der Waals surface area contributed by atoms with Crippen molar-refractivity contribution in [1.82, 2.24) is 10.3 Å². The third kappa shape index (κ3) is 4.77. The van der Waals surface area contributed by atoms with Crippen LogP contribution in [0.4, 0.5) is 10.8 Å². The van der Waals surface area contributed by atoms with Crippen molar-refractivity contribution in [3.63, 3.8) is 0 Å². The number of rotatable bonds is 6. The van der Waals surface area contributed by atoms with Gasteiger partial charge in [-0.1, -0.05) is 23.5 Å². The van der Waals surface area contributed by atoms with Gasteiger partial charge < -0.3 is 20.7 Å². The molecule has 0 bridgehead atoms. The van der Waals surface area contributed by atoms with Gasteiger partial charge in [-0.2, -0.15) is 0 Å². The number of ether oxygens (including phenoxy) is 1. The van der Waals surface area contributed by atoms with Crippen LogP contribution in [0, 0.1) is 6.92 Å². The molecule has 0 saturated carbocycles. The van der Waals surface area contributed by atoms with Gasteiger partial charge in [-0.3, -0.25) is 14.4 Å². The maximum Gasteiger partial charge on any atom is 0.350 e. The summed E-state index contributed by atoms with van der Waals surface area (Å²) in [6.07, 6.45) is 0.106. The summed E-state index contributed by atoms with van der Waals surface area (Å²) in [4.78, 5) is 53.2. The zero-order valence-corrected chi connectivity index (χ0v) is 16.7. The molecule has 1 aliphatic rings. The summed E-state index contributed by atoms with van der Waals surface area (Å²) >= 11 is 1.03. The number of carbonyl (C=O) groups is 4. The number of esters is 1. The quantitative estimate of drug-likeness (QED) is 0.619. The van der Waals surface area contributed by atoms with Crippen LogP contribution in [-0.2, 0) is 14.3 Å². The average Bonchev–Trinajstić information content (AvgIpc) is 2.99. The minimum absolute atomic E-state index is 0.0118. The summed E-state index contributed by atoms with van der Waals surface area (Å²) in [6, 6.07) is 5.85. The van der Waals surface area contributed by atoms with Crippen LogP contribution in [0.1, 0.15) is 45.5 Å². The number of nitrogens with zero attached hydrogens (tertiary/aromatic N) is 1. The molecule has 9 nitrogen and oxygen atoms in total. The van der Waals surface area contributed by atoms with Crippen molar-refractivity contribution in [2.45, 2.75) is 32.7 Å². The van der Waals surface area contributed by atoms with E-state index < -0.39 is 12.0 Å². The Hall–Kier alpha value is -3.27. The van der Waals surface area contributed by atoms with Gasteiger partial charge in [0.25, 0.3) is 5.91 Å². The first-order valence-electron chi connectivity index (χ1n) is 9.04. The molecule has 0 aliphatic carbocycles. The molecule has 0 unspecified atom stereocenters. The lowest BCUT2D eigenvalue weighted by atomic mass is 10.1. The van der Waals surface area contributed by atoms with E-state index in [0.717, 1.165) is 11.3 Å². The monoisotopic (exact) mass is 416 g/mol. The summed E-state index contributed by atoms with van der Waals surface area (Å²) < 4.78 is 4.95. The van der Waals surface area contributed by atoms with Crippen molar-refractivity contribution in [1.29, 1.82) is 0 Å². The summed E-state index contributed by atoms with van der Waals surface area (Å²) in [5.41, 5.74) is 1.28. The number of thiazole rings is 1. The zero-order chi connectivity index (χ0) is 21.0. The van der Waals surface area contributed by atoms with E-state index in [9.17, 15) is 19.2 Å². The highest BCUT2D eigenvalue weighted by Gasteiger charge is 2.28. The lowest BCUT2D eigenvalue weighted by Crippen LogP contribution is -2.41. The fraction of sp³-hybridized carbons (Fsp3) is 0.316. The second kappa shape index (κ2) is 8.82. The molecule has 2 aromatic rings. The first kappa shape index (κ1) is 20.5. The molecule has 1 atom stereocenters. The highest BCUT2D eigenvalue weighted by molar-refractivity contribution is 7.17. The predicted octanol–water partition coefficient (Wildman–Crippen LogP) is 2.10. The number of carbonyl (C=O) groups excluding carboxylic acids is 4. The van der Waals surface area contributed by atoms with Crippen molar-refractivity contribution < 1.29 is 23.9 Å². The van der Waals surface area contributed by atoms with E-state index in [1.807, 2.05) is 0 Å². The van der Waals surface area contributed by atoms with Gasteiger partial charge in [-0.05, 0) is 32.4 Å². The molecule has 3 rings (SSSR count). The van der Waals surface area contributed by atoms with Gasteiger partial charge in [0.15, 0.2) is 5.13 Å². The number of para-hydroxylation sites is 1. The van der Waals surface area contributed by atoms with Crippen LogP contribution >= 0.6 is 11.3 Å². The van der Waals surface area contributed by atoms with Crippen molar-refractivity contribution in [3.8, 4) is 0 Å².